The molecule has 2 fully saturated rings. The first-order valence-corrected chi connectivity index (χ1v) is 6.55. The Balaban J connectivity index is 1.68. The van der Waals surface area contributed by atoms with Crippen LogP contribution in [0, 0.1) is 11.8 Å². The zero-order valence-electron chi connectivity index (χ0n) is 9.60. The molecule has 0 aromatic rings. The molecule has 2 rings (SSSR count). The predicted molar refractivity (Wildman–Crippen MR) is 61.4 cm³/mol. The van der Waals surface area contributed by atoms with Crippen molar-refractivity contribution >= 4 is 0 Å². The van der Waals surface area contributed by atoms with E-state index in [1.54, 1.807) is 0 Å². The molecule has 2 aliphatic carbocycles. The monoisotopic (exact) mass is 195 g/mol. The van der Waals surface area contributed by atoms with Crippen molar-refractivity contribution in [1.29, 1.82) is 0 Å². The molecule has 1 nitrogen and oxygen atoms in total. The van der Waals surface area contributed by atoms with E-state index in [1.807, 2.05) is 0 Å². The summed E-state index contributed by atoms with van der Waals surface area (Å²) >= 11 is 0. The second-order valence-electron chi connectivity index (χ2n) is 5.40. The van der Waals surface area contributed by atoms with Crippen molar-refractivity contribution in [3.63, 3.8) is 0 Å². The molecule has 0 aliphatic heterocycles. The highest BCUT2D eigenvalue weighted by Crippen LogP contribution is 2.36. The Hall–Kier alpha value is -0.0400. The maximum Gasteiger partial charge on any atom is 0.00693 e. The van der Waals surface area contributed by atoms with E-state index in [1.165, 1.54) is 57.8 Å². The zero-order chi connectivity index (χ0) is 9.80. The summed E-state index contributed by atoms with van der Waals surface area (Å²) in [7, 11) is 2.15. The molecule has 14 heavy (non-hydrogen) atoms. The smallest absolute Gasteiger partial charge is 0.00693 e. The molecule has 2 saturated carbocycles. The van der Waals surface area contributed by atoms with Crippen LogP contribution in [0.15, 0.2) is 0 Å². The van der Waals surface area contributed by atoms with E-state index in [0.717, 1.165) is 17.9 Å². The molecular weight excluding hydrogens is 170 g/mol. The molecule has 1 atom stereocenters. The highest BCUT2D eigenvalue weighted by Gasteiger charge is 2.26. The molecule has 0 saturated heterocycles. The summed E-state index contributed by atoms with van der Waals surface area (Å²) in [4.78, 5) is 0. The van der Waals surface area contributed by atoms with Crippen LogP contribution in [-0.2, 0) is 0 Å². The van der Waals surface area contributed by atoms with Crippen LogP contribution >= 0.6 is 0 Å². The standard InChI is InChI=1S/C13H25N/c1-14-13(10-12-7-8-12)9-11-5-3-2-4-6-11/h11-14H,2-10H2,1H3. The van der Waals surface area contributed by atoms with Gasteiger partial charge in [0.2, 0.25) is 0 Å². The number of hydrogen-bond donors (Lipinski definition) is 1. The lowest BCUT2D eigenvalue weighted by Crippen LogP contribution is -2.29. The molecule has 0 bridgehead atoms. The average molecular weight is 195 g/mol. The third kappa shape index (κ3) is 3.27. The van der Waals surface area contributed by atoms with Gasteiger partial charge in [-0.15, -0.1) is 0 Å². The van der Waals surface area contributed by atoms with Crippen molar-refractivity contribution in [2.24, 2.45) is 11.8 Å². The number of rotatable bonds is 5. The molecule has 0 amide bonds. The van der Waals surface area contributed by atoms with Gasteiger partial charge in [0.1, 0.15) is 0 Å². The average Bonchev–Trinajstić information content (AvgIpc) is 3.02. The topological polar surface area (TPSA) is 12.0 Å². The van der Waals surface area contributed by atoms with Crippen molar-refractivity contribution in [2.45, 2.75) is 63.8 Å². The highest BCUT2D eigenvalue weighted by molar-refractivity contribution is 4.81. The predicted octanol–water partition coefficient (Wildman–Crippen LogP) is 3.34. The van der Waals surface area contributed by atoms with E-state index in [0.29, 0.717) is 0 Å². The fourth-order valence-corrected chi connectivity index (χ4v) is 2.91. The fourth-order valence-electron chi connectivity index (χ4n) is 2.91. The van der Waals surface area contributed by atoms with E-state index in [9.17, 15) is 0 Å². The third-order valence-electron chi connectivity index (χ3n) is 4.07. The van der Waals surface area contributed by atoms with E-state index in [4.69, 9.17) is 0 Å². The number of nitrogens with one attached hydrogen (secondary N) is 1. The van der Waals surface area contributed by atoms with Gasteiger partial charge in [-0.25, -0.2) is 0 Å². The molecule has 0 radical (unpaired) electrons. The summed E-state index contributed by atoms with van der Waals surface area (Å²) < 4.78 is 0. The molecule has 0 heterocycles. The Morgan fingerprint density at radius 2 is 1.50 bits per heavy atom. The van der Waals surface area contributed by atoms with Crippen LogP contribution in [0.2, 0.25) is 0 Å². The molecule has 1 unspecified atom stereocenters. The SMILES string of the molecule is CNC(CC1CCCCC1)CC1CC1. The van der Waals surface area contributed by atoms with Crippen molar-refractivity contribution in [2.75, 3.05) is 7.05 Å². The Kier molecular flexibility index (Phi) is 3.86. The van der Waals surface area contributed by atoms with Gasteiger partial charge in [-0.1, -0.05) is 44.9 Å². The maximum absolute atomic E-state index is 3.52. The first kappa shape index (κ1) is 10.5. The summed E-state index contributed by atoms with van der Waals surface area (Å²) in [5, 5.41) is 3.52. The van der Waals surface area contributed by atoms with Crippen LogP contribution in [0.5, 0.6) is 0 Å². The lowest BCUT2D eigenvalue weighted by Gasteiger charge is -2.26. The van der Waals surface area contributed by atoms with Gasteiger partial charge in [0, 0.05) is 6.04 Å². The molecule has 82 valence electrons. The van der Waals surface area contributed by atoms with E-state index in [2.05, 4.69) is 12.4 Å². The molecule has 2 aliphatic rings. The minimum Gasteiger partial charge on any atom is -0.317 e. The highest BCUT2D eigenvalue weighted by atomic mass is 14.9. The van der Waals surface area contributed by atoms with E-state index < -0.39 is 0 Å². The summed E-state index contributed by atoms with van der Waals surface area (Å²) in [6.45, 7) is 0. The molecule has 0 aromatic carbocycles. The lowest BCUT2D eigenvalue weighted by molar-refractivity contribution is 0.293. The Morgan fingerprint density at radius 3 is 2.00 bits per heavy atom. The van der Waals surface area contributed by atoms with Gasteiger partial charge in [-0.05, 0) is 31.7 Å². The van der Waals surface area contributed by atoms with Crippen LogP contribution in [0.1, 0.15) is 57.8 Å². The van der Waals surface area contributed by atoms with Crippen LogP contribution in [0.3, 0.4) is 0 Å². The largest absolute Gasteiger partial charge is 0.317 e. The molecule has 1 N–H and O–H groups in total. The van der Waals surface area contributed by atoms with Gasteiger partial charge in [0.25, 0.3) is 0 Å². The Labute approximate surface area is 88.7 Å². The Morgan fingerprint density at radius 1 is 0.929 bits per heavy atom. The minimum atomic E-state index is 0.825. The van der Waals surface area contributed by atoms with Gasteiger partial charge in [-0.3, -0.25) is 0 Å². The normalized spacial score (nSPS) is 26.4. The van der Waals surface area contributed by atoms with Gasteiger partial charge in [0.05, 0.1) is 0 Å². The lowest BCUT2D eigenvalue weighted by atomic mass is 9.84. The van der Waals surface area contributed by atoms with Crippen LogP contribution in [0.25, 0.3) is 0 Å². The maximum atomic E-state index is 3.52. The second kappa shape index (κ2) is 5.16. The van der Waals surface area contributed by atoms with E-state index >= 15 is 0 Å². The Bertz CT molecular complexity index is 157. The van der Waals surface area contributed by atoms with Gasteiger partial charge in [0.15, 0.2) is 0 Å². The molecule has 0 spiro atoms. The molecule has 1 heteroatoms. The van der Waals surface area contributed by atoms with Gasteiger partial charge in [-0.2, -0.15) is 0 Å². The number of hydrogen-bond acceptors (Lipinski definition) is 1. The summed E-state index contributed by atoms with van der Waals surface area (Å²) in [6, 6.07) is 0.825. The van der Waals surface area contributed by atoms with Crippen LogP contribution < -0.4 is 5.32 Å². The fraction of sp³-hybridized carbons (Fsp3) is 1.00. The first-order chi connectivity index (χ1) is 6.88. The van der Waals surface area contributed by atoms with Crippen molar-refractivity contribution in [3.8, 4) is 0 Å². The third-order valence-corrected chi connectivity index (χ3v) is 4.07. The van der Waals surface area contributed by atoms with Crippen LogP contribution in [0.4, 0.5) is 0 Å². The van der Waals surface area contributed by atoms with Crippen molar-refractivity contribution in [3.05, 3.63) is 0 Å². The summed E-state index contributed by atoms with van der Waals surface area (Å²) in [5.74, 6) is 2.12. The minimum absolute atomic E-state index is 0.825. The van der Waals surface area contributed by atoms with Crippen molar-refractivity contribution < 1.29 is 0 Å². The van der Waals surface area contributed by atoms with Crippen molar-refractivity contribution in [1.82, 2.24) is 5.32 Å². The van der Waals surface area contributed by atoms with Crippen LogP contribution in [-0.4, -0.2) is 13.1 Å². The van der Waals surface area contributed by atoms with Gasteiger partial charge < -0.3 is 5.32 Å². The zero-order valence-corrected chi connectivity index (χ0v) is 9.60. The first-order valence-electron chi connectivity index (χ1n) is 6.55. The van der Waals surface area contributed by atoms with Gasteiger partial charge >= 0.3 is 0 Å². The second-order valence-corrected chi connectivity index (χ2v) is 5.40. The summed E-state index contributed by atoms with van der Waals surface area (Å²) in [6.07, 6.45) is 13.4. The quantitative estimate of drug-likeness (QED) is 0.709. The molecular formula is C13H25N. The summed E-state index contributed by atoms with van der Waals surface area (Å²) in [5.41, 5.74) is 0. The molecule has 0 aromatic heterocycles. The van der Waals surface area contributed by atoms with E-state index in [-0.39, 0.29) is 0 Å².